The Balaban J connectivity index is 1.78. The number of likely N-dealkylation sites (tertiary alicyclic amines) is 2. The Bertz CT molecular complexity index is 215. The molecule has 0 saturated carbocycles. The van der Waals surface area contributed by atoms with Crippen molar-refractivity contribution in [1.82, 2.24) is 9.80 Å². The number of hydrogen-bond donors (Lipinski definition) is 0. The van der Waals surface area contributed by atoms with Crippen molar-refractivity contribution in [2.45, 2.75) is 32.7 Å². The van der Waals surface area contributed by atoms with Crippen LogP contribution < -0.4 is 0 Å². The van der Waals surface area contributed by atoms with E-state index in [1.807, 2.05) is 4.90 Å². The lowest BCUT2D eigenvalue weighted by Crippen LogP contribution is -2.56. The van der Waals surface area contributed by atoms with Crippen molar-refractivity contribution in [3.8, 4) is 0 Å². The van der Waals surface area contributed by atoms with E-state index in [1.165, 1.54) is 12.8 Å². The molecule has 0 N–H and O–H groups in total. The van der Waals surface area contributed by atoms with Crippen molar-refractivity contribution >= 4 is 5.91 Å². The minimum Gasteiger partial charge on any atom is -0.342 e. The van der Waals surface area contributed by atoms with Crippen LogP contribution in [0.2, 0.25) is 0 Å². The van der Waals surface area contributed by atoms with E-state index in [0.717, 1.165) is 26.2 Å². The summed E-state index contributed by atoms with van der Waals surface area (Å²) in [5.41, 5.74) is 0. The van der Waals surface area contributed by atoms with Gasteiger partial charge < -0.3 is 4.90 Å². The first-order valence-corrected chi connectivity index (χ1v) is 5.71. The van der Waals surface area contributed by atoms with E-state index in [0.29, 0.717) is 17.9 Å². The van der Waals surface area contributed by atoms with E-state index in [2.05, 4.69) is 18.7 Å². The summed E-state index contributed by atoms with van der Waals surface area (Å²) < 4.78 is 0. The number of carbonyl (C=O) groups excluding carboxylic acids is 1. The molecule has 3 nitrogen and oxygen atoms in total. The van der Waals surface area contributed by atoms with E-state index in [9.17, 15) is 4.79 Å². The van der Waals surface area contributed by atoms with Gasteiger partial charge in [-0.05, 0) is 26.7 Å². The molecule has 0 radical (unpaired) electrons. The number of rotatable bonds is 2. The lowest BCUT2D eigenvalue weighted by Gasteiger charge is -2.42. The summed E-state index contributed by atoms with van der Waals surface area (Å²) in [5, 5.41) is 0. The Labute approximate surface area is 86.1 Å². The van der Waals surface area contributed by atoms with Gasteiger partial charge >= 0.3 is 0 Å². The normalized spacial score (nSPS) is 24.4. The van der Waals surface area contributed by atoms with Crippen LogP contribution >= 0.6 is 0 Å². The van der Waals surface area contributed by atoms with Gasteiger partial charge in [-0.25, -0.2) is 0 Å². The van der Waals surface area contributed by atoms with Gasteiger partial charge in [0, 0.05) is 32.2 Å². The Morgan fingerprint density at radius 2 is 1.79 bits per heavy atom. The largest absolute Gasteiger partial charge is 0.342 e. The van der Waals surface area contributed by atoms with Gasteiger partial charge in [0.15, 0.2) is 0 Å². The summed E-state index contributed by atoms with van der Waals surface area (Å²) in [5.74, 6) is 0.704. The summed E-state index contributed by atoms with van der Waals surface area (Å²) in [6.45, 7) is 8.33. The second kappa shape index (κ2) is 3.89. The molecule has 0 aliphatic carbocycles. The Kier molecular flexibility index (Phi) is 2.77. The molecule has 0 aromatic rings. The molecule has 2 saturated heterocycles. The summed E-state index contributed by atoms with van der Waals surface area (Å²) in [7, 11) is 0. The van der Waals surface area contributed by atoms with Crippen molar-refractivity contribution in [2.24, 2.45) is 5.92 Å². The van der Waals surface area contributed by atoms with Gasteiger partial charge in [0.05, 0.1) is 5.92 Å². The summed E-state index contributed by atoms with van der Waals surface area (Å²) in [6, 6.07) is 0.595. The van der Waals surface area contributed by atoms with Crippen LogP contribution in [0.4, 0.5) is 0 Å². The van der Waals surface area contributed by atoms with Crippen molar-refractivity contribution in [1.29, 1.82) is 0 Å². The van der Waals surface area contributed by atoms with Gasteiger partial charge in [0.2, 0.25) is 5.91 Å². The van der Waals surface area contributed by atoms with E-state index in [-0.39, 0.29) is 0 Å². The molecule has 14 heavy (non-hydrogen) atoms. The maximum atomic E-state index is 11.9. The standard InChI is InChI=1S/C11H20N2O/c1-9(2)13-7-10(8-13)11(14)12-5-3-4-6-12/h9-10H,3-8H2,1-2H3. The first-order chi connectivity index (χ1) is 6.68. The SMILES string of the molecule is CC(C)N1CC(C(=O)N2CCCC2)C1. The average Bonchev–Trinajstić information content (AvgIpc) is 2.51. The lowest BCUT2D eigenvalue weighted by atomic mass is 9.97. The van der Waals surface area contributed by atoms with Gasteiger partial charge in [-0.15, -0.1) is 0 Å². The molecule has 2 fully saturated rings. The zero-order valence-corrected chi connectivity index (χ0v) is 9.20. The molecule has 0 unspecified atom stereocenters. The summed E-state index contributed by atoms with van der Waals surface area (Å²) >= 11 is 0. The zero-order chi connectivity index (χ0) is 10.1. The summed E-state index contributed by atoms with van der Waals surface area (Å²) in [6.07, 6.45) is 2.40. The third-order valence-electron chi connectivity index (χ3n) is 3.41. The maximum absolute atomic E-state index is 11.9. The fourth-order valence-electron chi connectivity index (χ4n) is 2.29. The summed E-state index contributed by atoms with van der Waals surface area (Å²) in [4.78, 5) is 16.3. The maximum Gasteiger partial charge on any atom is 0.228 e. The molecule has 2 aliphatic rings. The average molecular weight is 196 g/mol. The monoisotopic (exact) mass is 196 g/mol. The fourth-order valence-corrected chi connectivity index (χ4v) is 2.29. The van der Waals surface area contributed by atoms with Gasteiger partial charge in [-0.2, -0.15) is 0 Å². The highest BCUT2D eigenvalue weighted by molar-refractivity contribution is 5.80. The molecular formula is C11H20N2O. The lowest BCUT2D eigenvalue weighted by molar-refractivity contribution is -0.140. The fraction of sp³-hybridized carbons (Fsp3) is 0.909. The smallest absolute Gasteiger partial charge is 0.228 e. The van der Waals surface area contributed by atoms with Crippen LogP contribution in [0, 0.1) is 5.92 Å². The number of amides is 1. The van der Waals surface area contributed by atoms with Crippen LogP contribution in [0.3, 0.4) is 0 Å². The molecule has 2 heterocycles. The molecule has 80 valence electrons. The minimum absolute atomic E-state index is 0.301. The second-order valence-electron chi connectivity index (χ2n) is 4.78. The number of hydrogen-bond acceptors (Lipinski definition) is 2. The van der Waals surface area contributed by atoms with E-state index in [1.54, 1.807) is 0 Å². The number of carbonyl (C=O) groups is 1. The second-order valence-corrected chi connectivity index (χ2v) is 4.78. The topological polar surface area (TPSA) is 23.6 Å². The van der Waals surface area contributed by atoms with Crippen molar-refractivity contribution < 1.29 is 4.79 Å². The molecule has 1 amide bonds. The first-order valence-electron chi connectivity index (χ1n) is 5.71. The van der Waals surface area contributed by atoms with Crippen LogP contribution in [0.5, 0.6) is 0 Å². The van der Waals surface area contributed by atoms with Crippen molar-refractivity contribution in [3.63, 3.8) is 0 Å². The van der Waals surface area contributed by atoms with Crippen LogP contribution in [0.1, 0.15) is 26.7 Å². The van der Waals surface area contributed by atoms with Gasteiger partial charge in [0.1, 0.15) is 0 Å². The zero-order valence-electron chi connectivity index (χ0n) is 9.20. The Morgan fingerprint density at radius 3 is 2.29 bits per heavy atom. The Hall–Kier alpha value is -0.570. The van der Waals surface area contributed by atoms with E-state index < -0.39 is 0 Å². The quantitative estimate of drug-likeness (QED) is 0.656. The molecule has 0 aromatic carbocycles. The highest BCUT2D eigenvalue weighted by Gasteiger charge is 2.36. The van der Waals surface area contributed by atoms with Crippen molar-refractivity contribution in [2.75, 3.05) is 26.2 Å². The first kappa shape index (κ1) is 9.97. The van der Waals surface area contributed by atoms with Crippen LogP contribution in [-0.2, 0) is 4.79 Å². The molecule has 0 spiro atoms. The molecular weight excluding hydrogens is 176 g/mol. The molecule has 2 aliphatic heterocycles. The van der Waals surface area contributed by atoms with Gasteiger partial charge in [-0.1, -0.05) is 0 Å². The number of nitrogens with zero attached hydrogens (tertiary/aromatic N) is 2. The highest BCUT2D eigenvalue weighted by Crippen LogP contribution is 2.22. The Morgan fingerprint density at radius 1 is 1.21 bits per heavy atom. The predicted octanol–water partition coefficient (Wildman–Crippen LogP) is 0.949. The third-order valence-corrected chi connectivity index (χ3v) is 3.41. The van der Waals surface area contributed by atoms with Crippen molar-refractivity contribution in [3.05, 3.63) is 0 Å². The molecule has 0 atom stereocenters. The third kappa shape index (κ3) is 1.78. The van der Waals surface area contributed by atoms with E-state index in [4.69, 9.17) is 0 Å². The van der Waals surface area contributed by atoms with Gasteiger partial charge in [0.25, 0.3) is 0 Å². The predicted molar refractivity (Wildman–Crippen MR) is 56.0 cm³/mol. The van der Waals surface area contributed by atoms with Crippen LogP contribution in [0.15, 0.2) is 0 Å². The molecule has 3 heteroatoms. The molecule has 0 aromatic heterocycles. The minimum atomic E-state index is 0.301. The molecule has 0 bridgehead atoms. The van der Waals surface area contributed by atoms with Crippen LogP contribution in [0.25, 0.3) is 0 Å². The van der Waals surface area contributed by atoms with E-state index >= 15 is 0 Å². The molecule has 2 rings (SSSR count). The van der Waals surface area contributed by atoms with Crippen LogP contribution in [-0.4, -0.2) is 47.9 Å². The van der Waals surface area contributed by atoms with Gasteiger partial charge in [-0.3, -0.25) is 9.69 Å². The highest BCUT2D eigenvalue weighted by atomic mass is 16.2.